The number of anilines is 1. The summed E-state index contributed by atoms with van der Waals surface area (Å²) in [6.45, 7) is 0. The molecule has 6 heteroatoms. The number of hydrogen-bond acceptors (Lipinski definition) is 3. The maximum Gasteiger partial charge on any atom is 0.255 e. The van der Waals surface area contributed by atoms with Crippen LogP contribution in [0.2, 0.25) is 5.02 Å². The van der Waals surface area contributed by atoms with Crippen LogP contribution in [0, 0.1) is 0 Å². The Labute approximate surface area is 144 Å². The van der Waals surface area contributed by atoms with Gasteiger partial charge in [-0.05, 0) is 60.7 Å². The van der Waals surface area contributed by atoms with Gasteiger partial charge in [0.05, 0.1) is 11.4 Å². The largest absolute Gasteiger partial charge is 0.320 e. The number of nitrogens with one attached hydrogen (secondary N) is 1. The Morgan fingerprint density at radius 3 is 2.83 bits per heavy atom. The summed E-state index contributed by atoms with van der Waals surface area (Å²) in [5.74, 6) is -0.159. The number of hydrogen-bond donors (Lipinski definition) is 1. The number of aryl methyl sites for hydroxylation is 2. The average Bonchev–Trinajstić information content (AvgIpc) is 3.25. The fourth-order valence-electron chi connectivity index (χ4n) is 3.05. The van der Waals surface area contributed by atoms with Gasteiger partial charge in [0.1, 0.15) is 12.7 Å². The average molecular weight is 339 g/mol. The molecule has 1 amide bonds. The molecule has 0 saturated heterocycles. The molecule has 1 aromatic heterocycles. The first kappa shape index (κ1) is 14.9. The van der Waals surface area contributed by atoms with Gasteiger partial charge in [0.2, 0.25) is 0 Å². The van der Waals surface area contributed by atoms with Crippen molar-refractivity contribution in [3.05, 3.63) is 70.8 Å². The van der Waals surface area contributed by atoms with E-state index < -0.39 is 0 Å². The fourth-order valence-corrected chi connectivity index (χ4v) is 3.22. The predicted molar refractivity (Wildman–Crippen MR) is 92.8 cm³/mol. The van der Waals surface area contributed by atoms with E-state index in [0.29, 0.717) is 22.0 Å². The Balaban J connectivity index is 1.65. The zero-order chi connectivity index (χ0) is 16.5. The lowest BCUT2D eigenvalue weighted by molar-refractivity contribution is 0.102. The number of halogens is 1. The number of rotatable bonds is 3. The molecule has 1 N–H and O–H groups in total. The SMILES string of the molecule is O=C(Nc1cc(Cl)ccc1-n1cncn1)c1ccc2c(c1)CCC2. The highest BCUT2D eigenvalue weighted by Gasteiger charge is 2.15. The fraction of sp³-hybridized carbons (Fsp3) is 0.167. The highest BCUT2D eigenvalue weighted by molar-refractivity contribution is 6.31. The lowest BCUT2D eigenvalue weighted by Gasteiger charge is -2.12. The Kier molecular flexibility index (Phi) is 3.78. The summed E-state index contributed by atoms with van der Waals surface area (Å²) >= 11 is 6.09. The number of benzene rings is 2. The molecule has 3 aromatic rings. The molecular weight excluding hydrogens is 324 g/mol. The van der Waals surface area contributed by atoms with Gasteiger partial charge in [0, 0.05) is 10.6 Å². The van der Waals surface area contributed by atoms with Gasteiger partial charge < -0.3 is 5.32 Å². The Bertz CT molecular complexity index is 905. The number of nitrogens with zero attached hydrogens (tertiary/aromatic N) is 3. The second-order valence-corrected chi connectivity index (χ2v) is 6.23. The predicted octanol–water partition coefficient (Wildman–Crippen LogP) is 3.66. The molecule has 0 bridgehead atoms. The van der Waals surface area contributed by atoms with Crippen molar-refractivity contribution in [2.45, 2.75) is 19.3 Å². The van der Waals surface area contributed by atoms with Crippen LogP contribution in [-0.2, 0) is 12.8 Å². The maximum atomic E-state index is 12.6. The van der Waals surface area contributed by atoms with Crippen molar-refractivity contribution in [1.29, 1.82) is 0 Å². The lowest BCUT2D eigenvalue weighted by atomic mass is 10.1. The summed E-state index contributed by atoms with van der Waals surface area (Å²) in [7, 11) is 0. The van der Waals surface area contributed by atoms with Crippen molar-refractivity contribution in [3.63, 3.8) is 0 Å². The molecular formula is C18H15ClN4O. The van der Waals surface area contributed by atoms with E-state index in [9.17, 15) is 4.79 Å². The van der Waals surface area contributed by atoms with E-state index in [2.05, 4.69) is 15.4 Å². The van der Waals surface area contributed by atoms with Crippen LogP contribution in [0.25, 0.3) is 5.69 Å². The van der Waals surface area contributed by atoms with Crippen molar-refractivity contribution in [2.24, 2.45) is 0 Å². The second-order valence-electron chi connectivity index (χ2n) is 5.79. The molecule has 1 aliphatic carbocycles. The number of aromatic nitrogens is 3. The molecule has 4 rings (SSSR count). The number of carbonyl (C=O) groups excluding carboxylic acids is 1. The van der Waals surface area contributed by atoms with E-state index in [1.165, 1.54) is 17.5 Å². The summed E-state index contributed by atoms with van der Waals surface area (Å²) in [5.41, 5.74) is 4.58. The number of fused-ring (bicyclic) bond motifs is 1. The smallest absolute Gasteiger partial charge is 0.255 e. The molecule has 2 aromatic carbocycles. The van der Waals surface area contributed by atoms with E-state index in [0.717, 1.165) is 19.3 Å². The topological polar surface area (TPSA) is 59.8 Å². The van der Waals surface area contributed by atoms with Crippen molar-refractivity contribution in [3.8, 4) is 5.69 Å². The van der Waals surface area contributed by atoms with Crippen LogP contribution in [-0.4, -0.2) is 20.7 Å². The molecule has 0 fully saturated rings. The van der Waals surface area contributed by atoms with Gasteiger partial charge in [-0.2, -0.15) is 5.10 Å². The monoisotopic (exact) mass is 338 g/mol. The third kappa shape index (κ3) is 2.78. The van der Waals surface area contributed by atoms with Gasteiger partial charge >= 0.3 is 0 Å². The van der Waals surface area contributed by atoms with Crippen molar-refractivity contribution in [1.82, 2.24) is 14.8 Å². The number of carbonyl (C=O) groups is 1. The van der Waals surface area contributed by atoms with E-state index in [1.807, 2.05) is 18.2 Å². The first-order chi connectivity index (χ1) is 11.7. The zero-order valence-corrected chi connectivity index (χ0v) is 13.6. The molecule has 0 atom stereocenters. The Morgan fingerprint density at radius 2 is 2.00 bits per heavy atom. The molecule has 0 spiro atoms. The van der Waals surface area contributed by atoms with Crippen LogP contribution in [0.1, 0.15) is 27.9 Å². The number of amides is 1. The maximum absolute atomic E-state index is 12.6. The van der Waals surface area contributed by atoms with E-state index in [1.54, 1.807) is 29.2 Å². The van der Waals surface area contributed by atoms with Crippen LogP contribution in [0.3, 0.4) is 0 Å². The summed E-state index contributed by atoms with van der Waals surface area (Å²) in [6, 6.07) is 11.2. The summed E-state index contributed by atoms with van der Waals surface area (Å²) in [5, 5.41) is 7.59. The molecule has 0 unspecified atom stereocenters. The summed E-state index contributed by atoms with van der Waals surface area (Å²) < 4.78 is 1.59. The summed E-state index contributed by atoms with van der Waals surface area (Å²) in [4.78, 5) is 16.6. The summed E-state index contributed by atoms with van der Waals surface area (Å²) in [6.07, 6.45) is 6.32. The van der Waals surface area contributed by atoms with E-state index >= 15 is 0 Å². The minimum absolute atomic E-state index is 0.159. The van der Waals surface area contributed by atoms with Crippen LogP contribution in [0.4, 0.5) is 5.69 Å². The van der Waals surface area contributed by atoms with Crippen LogP contribution >= 0.6 is 11.6 Å². The zero-order valence-electron chi connectivity index (χ0n) is 12.9. The second kappa shape index (κ2) is 6.09. The highest BCUT2D eigenvalue weighted by atomic mass is 35.5. The Hall–Kier alpha value is -2.66. The van der Waals surface area contributed by atoms with Crippen molar-refractivity contribution in [2.75, 3.05) is 5.32 Å². The van der Waals surface area contributed by atoms with Gasteiger partial charge in [-0.3, -0.25) is 4.79 Å². The van der Waals surface area contributed by atoms with Gasteiger partial charge in [-0.15, -0.1) is 0 Å². The van der Waals surface area contributed by atoms with Gasteiger partial charge in [-0.1, -0.05) is 17.7 Å². The molecule has 1 aliphatic rings. The lowest BCUT2D eigenvalue weighted by Crippen LogP contribution is -2.14. The van der Waals surface area contributed by atoms with Gasteiger partial charge in [-0.25, -0.2) is 9.67 Å². The molecule has 5 nitrogen and oxygen atoms in total. The first-order valence-electron chi connectivity index (χ1n) is 7.78. The van der Waals surface area contributed by atoms with Crippen molar-refractivity contribution < 1.29 is 4.79 Å². The molecule has 0 aliphatic heterocycles. The molecule has 0 saturated carbocycles. The Morgan fingerprint density at radius 1 is 1.12 bits per heavy atom. The van der Waals surface area contributed by atoms with E-state index in [4.69, 9.17) is 11.6 Å². The van der Waals surface area contributed by atoms with Crippen LogP contribution in [0.5, 0.6) is 0 Å². The molecule has 0 radical (unpaired) electrons. The highest BCUT2D eigenvalue weighted by Crippen LogP contribution is 2.26. The van der Waals surface area contributed by atoms with Crippen LogP contribution in [0.15, 0.2) is 49.1 Å². The minimum atomic E-state index is -0.159. The molecule has 120 valence electrons. The van der Waals surface area contributed by atoms with Gasteiger partial charge in [0.25, 0.3) is 5.91 Å². The third-order valence-electron chi connectivity index (χ3n) is 4.23. The van der Waals surface area contributed by atoms with E-state index in [-0.39, 0.29) is 5.91 Å². The van der Waals surface area contributed by atoms with Crippen molar-refractivity contribution >= 4 is 23.2 Å². The third-order valence-corrected chi connectivity index (χ3v) is 4.47. The minimum Gasteiger partial charge on any atom is -0.320 e. The first-order valence-corrected chi connectivity index (χ1v) is 8.16. The quantitative estimate of drug-likeness (QED) is 0.792. The van der Waals surface area contributed by atoms with Crippen LogP contribution < -0.4 is 5.32 Å². The molecule has 24 heavy (non-hydrogen) atoms. The van der Waals surface area contributed by atoms with Gasteiger partial charge in [0.15, 0.2) is 0 Å². The molecule has 1 heterocycles. The standard InChI is InChI=1S/C18H15ClN4O/c19-15-6-7-17(23-11-20-10-21-23)16(9-15)22-18(24)14-5-4-12-2-1-3-13(12)8-14/h4-11H,1-3H2,(H,22,24). The normalized spacial score (nSPS) is 12.9.